The van der Waals surface area contributed by atoms with Crippen LogP contribution in [0.5, 0.6) is 0 Å². The first-order valence-electron chi connectivity index (χ1n) is 5.03. The topological polar surface area (TPSA) is 82.1 Å². The van der Waals surface area contributed by atoms with Gasteiger partial charge in [-0.1, -0.05) is 0 Å². The van der Waals surface area contributed by atoms with Gasteiger partial charge in [0.05, 0.1) is 6.61 Å². The molecule has 0 aromatic carbocycles. The highest BCUT2D eigenvalue weighted by atomic mass is 16.3. The molecule has 1 amide bonds. The van der Waals surface area contributed by atoms with Gasteiger partial charge >= 0.3 is 0 Å². The van der Waals surface area contributed by atoms with Crippen LogP contribution < -0.4 is 0 Å². The number of nitrogens with zero attached hydrogens (tertiary/aromatic N) is 3. The maximum atomic E-state index is 11.9. The van der Waals surface area contributed by atoms with Crippen molar-refractivity contribution in [2.24, 2.45) is 0 Å². The maximum Gasteiger partial charge on any atom is 0.293 e. The number of aliphatic hydroxyl groups is 1. The molecule has 1 saturated carbocycles. The van der Waals surface area contributed by atoms with Crippen LogP contribution in [0.4, 0.5) is 0 Å². The minimum absolute atomic E-state index is 0.0222. The Kier molecular flexibility index (Phi) is 2.68. The largest absolute Gasteiger partial charge is 0.395 e. The highest BCUT2D eigenvalue weighted by molar-refractivity contribution is 5.90. The van der Waals surface area contributed by atoms with E-state index < -0.39 is 0 Å². The van der Waals surface area contributed by atoms with Gasteiger partial charge in [0, 0.05) is 12.6 Å². The number of aryl methyl sites for hydroxylation is 1. The number of aromatic amines is 1. The van der Waals surface area contributed by atoms with Gasteiger partial charge in [0.1, 0.15) is 5.82 Å². The van der Waals surface area contributed by atoms with E-state index in [0.29, 0.717) is 12.4 Å². The average Bonchev–Trinajstić information content (AvgIpc) is 2.96. The van der Waals surface area contributed by atoms with E-state index in [-0.39, 0.29) is 24.4 Å². The number of rotatable bonds is 4. The first kappa shape index (κ1) is 10.1. The van der Waals surface area contributed by atoms with Crippen LogP contribution in [0.15, 0.2) is 0 Å². The van der Waals surface area contributed by atoms with Gasteiger partial charge in [-0.25, -0.2) is 4.98 Å². The van der Waals surface area contributed by atoms with Gasteiger partial charge < -0.3 is 10.0 Å². The van der Waals surface area contributed by atoms with Crippen LogP contribution in [-0.4, -0.2) is 50.3 Å². The van der Waals surface area contributed by atoms with Gasteiger partial charge in [-0.3, -0.25) is 9.89 Å². The normalized spacial score (nSPS) is 15.3. The number of hydrogen-bond acceptors (Lipinski definition) is 4. The van der Waals surface area contributed by atoms with E-state index in [1.165, 1.54) is 0 Å². The fraction of sp³-hybridized carbons (Fsp3) is 0.667. The van der Waals surface area contributed by atoms with Crippen LogP contribution in [0, 0.1) is 6.92 Å². The van der Waals surface area contributed by atoms with Crippen molar-refractivity contribution in [2.75, 3.05) is 13.2 Å². The van der Waals surface area contributed by atoms with Crippen molar-refractivity contribution in [1.82, 2.24) is 20.1 Å². The second kappa shape index (κ2) is 3.98. The zero-order valence-electron chi connectivity index (χ0n) is 8.60. The second-order valence-electron chi connectivity index (χ2n) is 3.70. The molecule has 1 aliphatic rings. The Morgan fingerprint density at radius 3 is 2.87 bits per heavy atom. The van der Waals surface area contributed by atoms with Crippen LogP contribution >= 0.6 is 0 Å². The van der Waals surface area contributed by atoms with Gasteiger partial charge in [-0.2, -0.15) is 0 Å². The Morgan fingerprint density at radius 1 is 1.67 bits per heavy atom. The van der Waals surface area contributed by atoms with E-state index in [0.717, 1.165) is 12.8 Å². The summed E-state index contributed by atoms with van der Waals surface area (Å²) in [5.41, 5.74) is 0. The molecule has 1 aromatic heterocycles. The average molecular weight is 210 g/mol. The molecule has 1 aliphatic carbocycles. The lowest BCUT2D eigenvalue weighted by molar-refractivity contribution is 0.0695. The van der Waals surface area contributed by atoms with Gasteiger partial charge in [0.25, 0.3) is 5.91 Å². The number of carbonyl (C=O) groups is 1. The summed E-state index contributed by atoms with van der Waals surface area (Å²) < 4.78 is 0. The summed E-state index contributed by atoms with van der Waals surface area (Å²) in [6, 6.07) is 0.267. The van der Waals surface area contributed by atoms with Crippen LogP contribution in [-0.2, 0) is 0 Å². The summed E-state index contributed by atoms with van der Waals surface area (Å²) in [6.07, 6.45) is 2.02. The first-order valence-corrected chi connectivity index (χ1v) is 5.03. The lowest BCUT2D eigenvalue weighted by Crippen LogP contribution is -2.36. The fourth-order valence-corrected chi connectivity index (χ4v) is 1.51. The van der Waals surface area contributed by atoms with E-state index in [2.05, 4.69) is 15.2 Å². The zero-order valence-corrected chi connectivity index (χ0v) is 8.60. The number of amides is 1. The molecule has 1 heterocycles. The first-order chi connectivity index (χ1) is 7.22. The predicted octanol–water partition coefficient (Wildman–Crippen LogP) is -0.290. The Bertz CT molecular complexity index is 359. The number of nitrogens with one attached hydrogen (secondary N) is 1. The van der Waals surface area contributed by atoms with Crippen LogP contribution in [0.1, 0.15) is 29.3 Å². The molecule has 1 fully saturated rings. The minimum atomic E-state index is -0.198. The van der Waals surface area contributed by atoms with Gasteiger partial charge in [0.2, 0.25) is 5.82 Å². The monoisotopic (exact) mass is 210 g/mol. The molecule has 0 spiro atoms. The van der Waals surface area contributed by atoms with E-state index in [1.54, 1.807) is 11.8 Å². The molecule has 0 radical (unpaired) electrons. The molecule has 6 nitrogen and oxygen atoms in total. The number of aromatic nitrogens is 3. The van der Waals surface area contributed by atoms with Crippen LogP contribution in [0.3, 0.4) is 0 Å². The molecule has 0 aliphatic heterocycles. The van der Waals surface area contributed by atoms with E-state index in [9.17, 15) is 4.79 Å². The van der Waals surface area contributed by atoms with Crippen molar-refractivity contribution in [3.8, 4) is 0 Å². The molecule has 0 unspecified atom stereocenters. The minimum Gasteiger partial charge on any atom is -0.395 e. The SMILES string of the molecule is Cc1nc(C(=O)N(CCO)C2CC2)n[nH]1. The highest BCUT2D eigenvalue weighted by Crippen LogP contribution is 2.27. The van der Waals surface area contributed by atoms with Crippen molar-refractivity contribution in [2.45, 2.75) is 25.8 Å². The highest BCUT2D eigenvalue weighted by Gasteiger charge is 2.34. The number of hydrogen-bond donors (Lipinski definition) is 2. The lowest BCUT2D eigenvalue weighted by Gasteiger charge is -2.19. The van der Waals surface area contributed by atoms with E-state index >= 15 is 0 Å². The summed E-state index contributed by atoms with van der Waals surface area (Å²) in [4.78, 5) is 17.5. The summed E-state index contributed by atoms with van der Waals surface area (Å²) in [6.45, 7) is 2.08. The van der Waals surface area contributed by atoms with Crippen molar-refractivity contribution in [3.05, 3.63) is 11.6 Å². The molecular weight excluding hydrogens is 196 g/mol. The number of H-pyrrole nitrogens is 1. The molecule has 6 heteroatoms. The molecule has 0 atom stereocenters. The smallest absolute Gasteiger partial charge is 0.293 e. The molecule has 0 saturated heterocycles. The molecular formula is C9H14N4O2. The van der Waals surface area contributed by atoms with Gasteiger partial charge in [0.15, 0.2) is 0 Å². The molecule has 82 valence electrons. The Hall–Kier alpha value is -1.43. The van der Waals surface area contributed by atoms with E-state index in [4.69, 9.17) is 5.11 Å². The standard InChI is InChI=1S/C9H14N4O2/c1-6-10-8(12-11-6)9(15)13(4-5-14)7-2-3-7/h7,14H,2-5H2,1H3,(H,10,11,12). The third-order valence-electron chi connectivity index (χ3n) is 2.38. The maximum absolute atomic E-state index is 11.9. The third kappa shape index (κ3) is 2.15. The van der Waals surface area contributed by atoms with Crippen molar-refractivity contribution in [3.63, 3.8) is 0 Å². The molecule has 1 aromatic rings. The van der Waals surface area contributed by atoms with Crippen LogP contribution in [0.25, 0.3) is 0 Å². The molecule has 2 rings (SSSR count). The van der Waals surface area contributed by atoms with Crippen molar-refractivity contribution in [1.29, 1.82) is 0 Å². The zero-order chi connectivity index (χ0) is 10.8. The summed E-state index contributed by atoms with van der Waals surface area (Å²) in [5.74, 6) is 0.613. The van der Waals surface area contributed by atoms with Gasteiger partial charge in [-0.05, 0) is 19.8 Å². The van der Waals surface area contributed by atoms with Crippen molar-refractivity contribution < 1.29 is 9.90 Å². The molecule has 2 N–H and O–H groups in total. The molecule has 0 bridgehead atoms. The summed E-state index contributed by atoms with van der Waals surface area (Å²) in [5, 5.41) is 15.3. The fourth-order valence-electron chi connectivity index (χ4n) is 1.51. The Morgan fingerprint density at radius 2 is 2.40 bits per heavy atom. The summed E-state index contributed by atoms with van der Waals surface area (Å²) in [7, 11) is 0. The third-order valence-corrected chi connectivity index (χ3v) is 2.38. The Balaban J connectivity index is 2.10. The number of carbonyl (C=O) groups excluding carboxylic acids is 1. The summed E-state index contributed by atoms with van der Waals surface area (Å²) >= 11 is 0. The lowest BCUT2D eigenvalue weighted by atomic mass is 10.4. The molecule has 15 heavy (non-hydrogen) atoms. The number of aliphatic hydroxyl groups excluding tert-OH is 1. The van der Waals surface area contributed by atoms with Crippen molar-refractivity contribution >= 4 is 5.91 Å². The van der Waals surface area contributed by atoms with E-state index in [1.807, 2.05) is 0 Å². The predicted molar refractivity (Wildman–Crippen MR) is 52.3 cm³/mol. The van der Waals surface area contributed by atoms with Gasteiger partial charge in [-0.15, -0.1) is 5.10 Å². The second-order valence-corrected chi connectivity index (χ2v) is 3.70. The van der Waals surface area contributed by atoms with Crippen LogP contribution in [0.2, 0.25) is 0 Å². The Labute approximate surface area is 87.3 Å². The quantitative estimate of drug-likeness (QED) is 0.715.